The molecule has 0 aliphatic carbocycles. The number of hydrogen-bond donors (Lipinski definition) is 1. The lowest BCUT2D eigenvalue weighted by Gasteiger charge is -2.19. The molecule has 1 heterocycles. The summed E-state index contributed by atoms with van der Waals surface area (Å²) in [5.41, 5.74) is 2.09. The minimum atomic E-state index is -0.231. The molecule has 2 rings (SSSR count). The summed E-state index contributed by atoms with van der Waals surface area (Å²) in [6, 6.07) is 10.9. The maximum absolute atomic E-state index is 13.0. The molecule has 106 valence electrons. The van der Waals surface area contributed by atoms with E-state index >= 15 is 0 Å². The second-order valence-electron chi connectivity index (χ2n) is 5.09. The fourth-order valence-electron chi connectivity index (χ4n) is 1.87. The van der Waals surface area contributed by atoms with Crippen LogP contribution in [-0.2, 0) is 6.54 Å². The third-order valence-corrected chi connectivity index (χ3v) is 3.08. The number of anilines is 2. The molecule has 3 nitrogen and oxygen atoms in total. The van der Waals surface area contributed by atoms with Gasteiger partial charge in [-0.25, -0.2) is 9.37 Å². The molecule has 0 aliphatic heterocycles. The monoisotopic (exact) mass is 273 g/mol. The number of halogens is 1. The Morgan fingerprint density at radius 3 is 2.55 bits per heavy atom. The summed E-state index contributed by atoms with van der Waals surface area (Å²) in [4.78, 5) is 6.31. The molecule has 0 radical (unpaired) electrons. The highest BCUT2D eigenvalue weighted by molar-refractivity contribution is 5.59. The van der Waals surface area contributed by atoms with Gasteiger partial charge in [0.05, 0.1) is 0 Å². The van der Waals surface area contributed by atoms with E-state index < -0.39 is 0 Å². The normalized spacial score (nSPS) is 10.8. The molecule has 0 saturated heterocycles. The summed E-state index contributed by atoms with van der Waals surface area (Å²) >= 11 is 0. The van der Waals surface area contributed by atoms with Crippen LogP contribution in [0.5, 0.6) is 0 Å². The Labute approximate surface area is 119 Å². The molecule has 0 atom stereocenters. The minimum absolute atomic E-state index is 0.231. The minimum Gasteiger partial charge on any atom is -0.329 e. The highest BCUT2D eigenvalue weighted by atomic mass is 19.1. The summed E-state index contributed by atoms with van der Waals surface area (Å²) in [6.07, 6.45) is 1.80. The van der Waals surface area contributed by atoms with Crippen molar-refractivity contribution in [2.45, 2.75) is 26.4 Å². The van der Waals surface area contributed by atoms with Crippen molar-refractivity contribution in [2.75, 3.05) is 11.9 Å². The van der Waals surface area contributed by atoms with Crippen LogP contribution in [0.2, 0.25) is 0 Å². The van der Waals surface area contributed by atoms with Crippen LogP contribution in [0, 0.1) is 5.82 Å². The number of rotatable bonds is 5. The van der Waals surface area contributed by atoms with E-state index in [0.29, 0.717) is 6.04 Å². The fraction of sp³-hybridized carbons (Fsp3) is 0.312. The van der Waals surface area contributed by atoms with Crippen molar-refractivity contribution in [3.63, 3.8) is 0 Å². The largest absolute Gasteiger partial charge is 0.329 e. The van der Waals surface area contributed by atoms with Crippen LogP contribution in [0.1, 0.15) is 19.4 Å². The summed E-state index contributed by atoms with van der Waals surface area (Å²) in [7, 11) is 1.93. The van der Waals surface area contributed by atoms with Gasteiger partial charge in [-0.15, -0.1) is 0 Å². The van der Waals surface area contributed by atoms with Crippen molar-refractivity contribution in [1.82, 2.24) is 10.3 Å². The second-order valence-corrected chi connectivity index (χ2v) is 5.09. The standard InChI is InChI=1S/C16H20FN3/c1-12(2)19-11-13-8-9-18-16(10-13)20(3)15-6-4-14(17)5-7-15/h4-10,12,19H,11H2,1-3H3. The van der Waals surface area contributed by atoms with Gasteiger partial charge in [-0.2, -0.15) is 0 Å². The molecule has 20 heavy (non-hydrogen) atoms. The van der Waals surface area contributed by atoms with Gasteiger partial charge >= 0.3 is 0 Å². The Morgan fingerprint density at radius 2 is 1.90 bits per heavy atom. The number of nitrogens with zero attached hydrogens (tertiary/aromatic N) is 2. The molecule has 0 amide bonds. The summed E-state index contributed by atoms with van der Waals surface area (Å²) in [5, 5.41) is 3.38. The average Bonchev–Trinajstić information content (AvgIpc) is 2.45. The van der Waals surface area contributed by atoms with E-state index in [1.165, 1.54) is 17.7 Å². The number of benzene rings is 1. The molecule has 1 aromatic carbocycles. The van der Waals surface area contributed by atoms with Crippen molar-refractivity contribution >= 4 is 11.5 Å². The Balaban J connectivity index is 2.15. The van der Waals surface area contributed by atoms with E-state index in [2.05, 4.69) is 24.1 Å². The zero-order valence-electron chi connectivity index (χ0n) is 12.1. The molecule has 0 fully saturated rings. The molecular weight excluding hydrogens is 253 g/mol. The first-order valence-electron chi connectivity index (χ1n) is 6.74. The number of pyridine rings is 1. The first-order chi connectivity index (χ1) is 9.56. The molecule has 2 aromatic rings. The van der Waals surface area contributed by atoms with Crippen molar-refractivity contribution in [3.8, 4) is 0 Å². The number of nitrogens with one attached hydrogen (secondary N) is 1. The highest BCUT2D eigenvalue weighted by Gasteiger charge is 2.06. The van der Waals surface area contributed by atoms with E-state index in [9.17, 15) is 4.39 Å². The molecule has 1 N–H and O–H groups in total. The molecule has 0 aliphatic rings. The summed E-state index contributed by atoms with van der Waals surface area (Å²) in [6.45, 7) is 5.05. The van der Waals surface area contributed by atoms with Gasteiger partial charge in [0.25, 0.3) is 0 Å². The lowest BCUT2D eigenvalue weighted by Crippen LogP contribution is -2.22. The molecule has 0 unspecified atom stereocenters. The van der Waals surface area contributed by atoms with Crippen LogP contribution in [0.25, 0.3) is 0 Å². The van der Waals surface area contributed by atoms with Gasteiger partial charge in [0.15, 0.2) is 0 Å². The smallest absolute Gasteiger partial charge is 0.132 e. The van der Waals surface area contributed by atoms with Gasteiger partial charge < -0.3 is 10.2 Å². The lowest BCUT2D eigenvalue weighted by molar-refractivity contribution is 0.588. The first-order valence-corrected chi connectivity index (χ1v) is 6.74. The summed E-state index contributed by atoms with van der Waals surface area (Å²) < 4.78 is 13.0. The average molecular weight is 273 g/mol. The molecule has 4 heteroatoms. The maximum Gasteiger partial charge on any atom is 0.132 e. The van der Waals surface area contributed by atoms with Gasteiger partial charge in [-0.1, -0.05) is 13.8 Å². The second kappa shape index (κ2) is 6.48. The highest BCUT2D eigenvalue weighted by Crippen LogP contribution is 2.22. The van der Waals surface area contributed by atoms with Crippen molar-refractivity contribution in [2.24, 2.45) is 0 Å². The van der Waals surface area contributed by atoms with Gasteiger partial charge in [0.1, 0.15) is 11.6 Å². The van der Waals surface area contributed by atoms with Crippen molar-refractivity contribution in [3.05, 3.63) is 54.0 Å². The zero-order chi connectivity index (χ0) is 14.5. The fourth-order valence-corrected chi connectivity index (χ4v) is 1.87. The lowest BCUT2D eigenvalue weighted by atomic mass is 10.2. The molecule has 0 saturated carbocycles. The van der Waals surface area contributed by atoms with Crippen LogP contribution < -0.4 is 10.2 Å². The SMILES string of the molecule is CC(C)NCc1ccnc(N(C)c2ccc(F)cc2)c1. The molecule has 0 spiro atoms. The van der Waals surface area contributed by atoms with E-state index in [-0.39, 0.29) is 5.82 Å². The van der Waals surface area contributed by atoms with Gasteiger partial charge in [0.2, 0.25) is 0 Å². The molecule has 1 aromatic heterocycles. The van der Waals surface area contributed by atoms with E-state index in [1.807, 2.05) is 24.1 Å². The third kappa shape index (κ3) is 3.78. The Kier molecular flexibility index (Phi) is 4.69. The van der Waals surface area contributed by atoms with E-state index in [4.69, 9.17) is 0 Å². The predicted molar refractivity (Wildman–Crippen MR) is 80.7 cm³/mol. The zero-order valence-corrected chi connectivity index (χ0v) is 12.1. The molecule has 0 bridgehead atoms. The van der Waals surface area contributed by atoms with Gasteiger partial charge in [0, 0.05) is 31.5 Å². The molecular formula is C16H20FN3. The Morgan fingerprint density at radius 1 is 1.20 bits per heavy atom. The maximum atomic E-state index is 13.0. The van der Waals surface area contributed by atoms with Gasteiger partial charge in [-0.05, 0) is 42.0 Å². The van der Waals surface area contributed by atoms with E-state index in [1.54, 1.807) is 18.3 Å². The number of hydrogen-bond acceptors (Lipinski definition) is 3. The Bertz CT molecular complexity index is 552. The van der Waals surface area contributed by atoms with Crippen molar-refractivity contribution in [1.29, 1.82) is 0 Å². The predicted octanol–water partition coefficient (Wildman–Crippen LogP) is 3.49. The van der Waals surface area contributed by atoms with E-state index in [0.717, 1.165) is 18.1 Å². The summed E-state index contributed by atoms with van der Waals surface area (Å²) in [5.74, 6) is 0.615. The van der Waals surface area contributed by atoms with Crippen LogP contribution >= 0.6 is 0 Å². The number of aromatic nitrogens is 1. The van der Waals surface area contributed by atoms with Crippen LogP contribution in [0.4, 0.5) is 15.9 Å². The third-order valence-electron chi connectivity index (χ3n) is 3.08. The van der Waals surface area contributed by atoms with Crippen LogP contribution in [0.3, 0.4) is 0 Å². The van der Waals surface area contributed by atoms with Crippen LogP contribution in [-0.4, -0.2) is 18.1 Å². The quantitative estimate of drug-likeness (QED) is 0.904. The Hall–Kier alpha value is -1.94. The van der Waals surface area contributed by atoms with Gasteiger partial charge in [-0.3, -0.25) is 0 Å². The first kappa shape index (κ1) is 14.5. The van der Waals surface area contributed by atoms with Crippen LogP contribution in [0.15, 0.2) is 42.6 Å². The topological polar surface area (TPSA) is 28.2 Å². The van der Waals surface area contributed by atoms with Crippen molar-refractivity contribution < 1.29 is 4.39 Å².